The lowest BCUT2D eigenvalue weighted by Crippen LogP contribution is -2.37. The summed E-state index contributed by atoms with van der Waals surface area (Å²) in [5.41, 5.74) is 1.75. The number of aromatic nitrogens is 1. The predicted molar refractivity (Wildman–Crippen MR) is 80.9 cm³/mol. The third kappa shape index (κ3) is 2.34. The van der Waals surface area contributed by atoms with Crippen molar-refractivity contribution in [2.24, 2.45) is 0 Å². The molecule has 0 saturated carbocycles. The number of anilines is 1. The van der Waals surface area contributed by atoms with Gasteiger partial charge in [0.25, 0.3) is 0 Å². The summed E-state index contributed by atoms with van der Waals surface area (Å²) in [5.74, 6) is -0.957. The van der Waals surface area contributed by atoms with Crippen molar-refractivity contribution < 1.29 is 14.6 Å². The fourth-order valence-electron chi connectivity index (χ4n) is 3.06. The van der Waals surface area contributed by atoms with Gasteiger partial charge in [-0.25, -0.2) is 4.79 Å². The van der Waals surface area contributed by atoms with Gasteiger partial charge in [-0.15, -0.1) is 0 Å². The SMILES string of the molecule is CC1OCCC1N(C)c1c(C(=O)O)cnc2ccccc12. The van der Waals surface area contributed by atoms with Crippen molar-refractivity contribution in [2.75, 3.05) is 18.6 Å². The number of benzene rings is 1. The average Bonchev–Trinajstić information content (AvgIpc) is 2.91. The topological polar surface area (TPSA) is 62.7 Å². The molecule has 0 amide bonds. The zero-order valence-corrected chi connectivity index (χ0v) is 12.1. The molecule has 0 bridgehead atoms. The molecule has 0 radical (unpaired) electrons. The fraction of sp³-hybridized carbons (Fsp3) is 0.375. The van der Waals surface area contributed by atoms with Crippen molar-refractivity contribution in [3.63, 3.8) is 0 Å². The number of carboxylic acid groups (broad SMARTS) is 1. The van der Waals surface area contributed by atoms with Crippen LogP contribution in [0, 0.1) is 0 Å². The summed E-state index contributed by atoms with van der Waals surface area (Å²) in [6, 6.07) is 7.80. The number of ether oxygens (including phenoxy) is 1. The Morgan fingerprint density at radius 3 is 2.86 bits per heavy atom. The van der Waals surface area contributed by atoms with Gasteiger partial charge in [-0.1, -0.05) is 18.2 Å². The van der Waals surface area contributed by atoms with Crippen LogP contribution in [0.4, 0.5) is 5.69 Å². The highest BCUT2D eigenvalue weighted by Gasteiger charge is 2.31. The molecule has 2 heterocycles. The molecule has 1 fully saturated rings. The number of nitrogens with zero attached hydrogens (tertiary/aromatic N) is 2. The largest absolute Gasteiger partial charge is 0.478 e. The van der Waals surface area contributed by atoms with Gasteiger partial charge in [-0.05, 0) is 19.4 Å². The summed E-state index contributed by atoms with van der Waals surface area (Å²) < 4.78 is 5.62. The molecule has 2 unspecified atom stereocenters. The van der Waals surface area contributed by atoms with E-state index < -0.39 is 5.97 Å². The maximum absolute atomic E-state index is 11.6. The minimum atomic E-state index is -0.957. The van der Waals surface area contributed by atoms with Crippen molar-refractivity contribution in [2.45, 2.75) is 25.5 Å². The van der Waals surface area contributed by atoms with E-state index >= 15 is 0 Å². The molecular formula is C16H18N2O3. The van der Waals surface area contributed by atoms with Crippen molar-refractivity contribution in [3.05, 3.63) is 36.0 Å². The third-order valence-corrected chi connectivity index (χ3v) is 4.16. The number of pyridine rings is 1. The number of hydrogen-bond donors (Lipinski definition) is 1. The Balaban J connectivity index is 2.18. The van der Waals surface area contributed by atoms with Crippen LogP contribution in [0.1, 0.15) is 23.7 Å². The highest BCUT2D eigenvalue weighted by Crippen LogP contribution is 2.33. The summed E-state index contributed by atoms with van der Waals surface area (Å²) in [7, 11) is 1.93. The molecule has 2 aromatic rings. The van der Waals surface area contributed by atoms with Crippen molar-refractivity contribution in [3.8, 4) is 0 Å². The lowest BCUT2D eigenvalue weighted by molar-refractivity contribution is 0.0696. The predicted octanol–water partition coefficient (Wildman–Crippen LogP) is 2.55. The van der Waals surface area contributed by atoms with Gasteiger partial charge in [0, 0.05) is 25.2 Å². The van der Waals surface area contributed by atoms with E-state index in [4.69, 9.17) is 4.74 Å². The Labute approximate surface area is 123 Å². The molecule has 1 aromatic carbocycles. The minimum Gasteiger partial charge on any atom is -0.478 e. The first-order valence-corrected chi connectivity index (χ1v) is 7.05. The summed E-state index contributed by atoms with van der Waals surface area (Å²) in [5, 5.41) is 10.3. The first kappa shape index (κ1) is 13.8. The Kier molecular flexibility index (Phi) is 3.51. The van der Waals surface area contributed by atoms with Crippen molar-refractivity contribution >= 4 is 22.6 Å². The summed E-state index contributed by atoms with van der Waals surface area (Å²) >= 11 is 0. The summed E-state index contributed by atoms with van der Waals surface area (Å²) in [6.45, 7) is 2.74. The second-order valence-corrected chi connectivity index (χ2v) is 5.39. The lowest BCUT2D eigenvalue weighted by Gasteiger charge is -2.30. The monoisotopic (exact) mass is 286 g/mol. The molecule has 3 rings (SSSR count). The van der Waals surface area contributed by atoms with E-state index in [0.29, 0.717) is 6.61 Å². The van der Waals surface area contributed by atoms with E-state index in [1.165, 1.54) is 6.20 Å². The number of carboxylic acids is 1. The number of hydrogen-bond acceptors (Lipinski definition) is 4. The molecule has 21 heavy (non-hydrogen) atoms. The van der Waals surface area contributed by atoms with E-state index in [1.54, 1.807) is 0 Å². The second kappa shape index (κ2) is 5.33. The van der Waals surface area contributed by atoms with Gasteiger partial charge in [0.05, 0.1) is 23.3 Å². The molecule has 1 N–H and O–H groups in total. The Bertz CT molecular complexity index is 686. The van der Waals surface area contributed by atoms with Crippen LogP contribution in [0.25, 0.3) is 10.9 Å². The zero-order valence-electron chi connectivity index (χ0n) is 12.1. The number of fused-ring (bicyclic) bond motifs is 1. The maximum Gasteiger partial charge on any atom is 0.339 e. The number of carbonyl (C=O) groups is 1. The molecule has 2 atom stereocenters. The molecule has 1 aromatic heterocycles. The number of para-hydroxylation sites is 1. The molecular weight excluding hydrogens is 268 g/mol. The molecule has 5 nitrogen and oxygen atoms in total. The number of rotatable bonds is 3. The van der Waals surface area contributed by atoms with Gasteiger partial charge in [0.15, 0.2) is 0 Å². The van der Waals surface area contributed by atoms with Crippen LogP contribution >= 0.6 is 0 Å². The van der Waals surface area contributed by atoms with Gasteiger partial charge in [0.1, 0.15) is 5.56 Å². The fourth-order valence-corrected chi connectivity index (χ4v) is 3.06. The van der Waals surface area contributed by atoms with Gasteiger partial charge in [0.2, 0.25) is 0 Å². The lowest BCUT2D eigenvalue weighted by atomic mass is 10.0. The maximum atomic E-state index is 11.6. The number of likely N-dealkylation sites (N-methyl/N-ethyl adjacent to an activating group) is 1. The van der Waals surface area contributed by atoms with Crippen LogP contribution in [0.5, 0.6) is 0 Å². The van der Waals surface area contributed by atoms with Crippen molar-refractivity contribution in [1.82, 2.24) is 4.98 Å². The third-order valence-electron chi connectivity index (χ3n) is 4.16. The van der Waals surface area contributed by atoms with Crippen LogP contribution in [-0.4, -0.2) is 41.9 Å². The Morgan fingerprint density at radius 2 is 2.19 bits per heavy atom. The van der Waals surface area contributed by atoms with Gasteiger partial charge < -0.3 is 14.7 Å². The van der Waals surface area contributed by atoms with E-state index in [9.17, 15) is 9.90 Å². The van der Waals surface area contributed by atoms with Crippen LogP contribution in [0.15, 0.2) is 30.5 Å². The van der Waals surface area contributed by atoms with Crippen LogP contribution < -0.4 is 4.90 Å². The van der Waals surface area contributed by atoms with Gasteiger partial charge in [-0.2, -0.15) is 0 Å². The van der Waals surface area contributed by atoms with E-state index in [0.717, 1.165) is 23.0 Å². The van der Waals surface area contributed by atoms with Gasteiger partial charge in [-0.3, -0.25) is 4.98 Å². The highest BCUT2D eigenvalue weighted by atomic mass is 16.5. The normalized spacial score (nSPS) is 21.6. The molecule has 110 valence electrons. The average molecular weight is 286 g/mol. The highest BCUT2D eigenvalue weighted by molar-refractivity contribution is 6.04. The zero-order chi connectivity index (χ0) is 15.0. The summed E-state index contributed by atoms with van der Waals surface area (Å²) in [4.78, 5) is 17.9. The van der Waals surface area contributed by atoms with Crippen molar-refractivity contribution in [1.29, 1.82) is 0 Å². The first-order valence-electron chi connectivity index (χ1n) is 7.05. The standard InChI is InChI=1S/C16H18N2O3/c1-10-14(7-8-21-10)18(2)15-11-5-3-4-6-13(11)17-9-12(15)16(19)20/h3-6,9-10,14H,7-8H2,1-2H3,(H,19,20). The van der Waals surface area contributed by atoms with Gasteiger partial charge >= 0.3 is 5.97 Å². The second-order valence-electron chi connectivity index (χ2n) is 5.39. The minimum absolute atomic E-state index is 0.0866. The smallest absolute Gasteiger partial charge is 0.339 e. The van der Waals surface area contributed by atoms with E-state index in [1.807, 2.05) is 43.1 Å². The van der Waals surface area contributed by atoms with Crippen LogP contribution in [0.3, 0.4) is 0 Å². The molecule has 5 heteroatoms. The quantitative estimate of drug-likeness (QED) is 0.939. The molecule has 1 aliphatic heterocycles. The van der Waals surface area contributed by atoms with E-state index in [2.05, 4.69) is 4.98 Å². The molecule has 1 aliphatic rings. The molecule has 1 saturated heterocycles. The molecule has 0 aliphatic carbocycles. The Hall–Kier alpha value is -2.14. The van der Waals surface area contributed by atoms with E-state index in [-0.39, 0.29) is 17.7 Å². The number of aromatic carboxylic acids is 1. The molecule has 0 spiro atoms. The van der Waals surface area contributed by atoms with Crippen LogP contribution in [0.2, 0.25) is 0 Å². The first-order chi connectivity index (χ1) is 10.1. The Morgan fingerprint density at radius 1 is 1.43 bits per heavy atom. The summed E-state index contributed by atoms with van der Waals surface area (Å²) in [6.07, 6.45) is 2.42. The van der Waals surface area contributed by atoms with Crippen LogP contribution in [-0.2, 0) is 4.74 Å².